The second kappa shape index (κ2) is 5.94. The van der Waals surface area contributed by atoms with Crippen LogP contribution in [0.4, 0.5) is 5.95 Å². The van der Waals surface area contributed by atoms with E-state index in [9.17, 15) is 4.79 Å². The van der Waals surface area contributed by atoms with Crippen LogP contribution in [-0.2, 0) is 6.54 Å². The Kier molecular flexibility index (Phi) is 3.44. The summed E-state index contributed by atoms with van der Waals surface area (Å²) < 4.78 is 3.61. The molecule has 0 unspecified atom stereocenters. The molecule has 4 aromatic rings. The lowest BCUT2D eigenvalue weighted by Gasteiger charge is -2.16. The van der Waals surface area contributed by atoms with Crippen LogP contribution >= 0.6 is 0 Å². The van der Waals surface area contributed by atoms with Gasteiger partial charge in [0, 0.05) is 19.3 Å². The first-order valence-electron chi connectivity index (χ1n) is 8.84. The molecule has 0 aliphatic carbocycles. The van der Waals surface area contributed by atoms with Crippen LogP contribution < -0.4 is 10.5 Å². The molecule has 1 aliphatic rings. The molecule has 4 heterocycles. The Bertz CT molecular complexity index is 1140. The minimum Gasteiger partial charge on any atom is -0.341 e. The molecule has 0 saturated carbocycles. The van der Waals surface area contributed by atoms with Crippen molar-refractivity contribution in [3.05, 3.63) is 64.6 Å². The van der Waals surface area contributed by atoms with Crippen molar-refractivity contribution in [2.24, 2.45) is 0 Å². The largest absolute Gasteiger partial charge is 0.341 e. The van der Waals surface area contributed by atoms with Crippen molar-refractivity contribution >= 4 is 22.8 Å². The van der Waals surface area contributed by atoms with Crippen LogP contribution in [0.3, 0.4) is 0 Å². The summed E-state index contributed by atoms with van der Waals surface area (Å²) >= 11 is 0. The molecule has 3 aromatic heterocycles. The van der Waals surface area contributed by atoms with Gasteiger partial charge in [-0.1, -0.05) is 30.3 Å². The van der Waals surface area contributed by atoms with Gasteiger partial charge in [0.1, 0.15) is 0 Å². The van der Waals surface area contributed by atoms with Gasteiger partial charge < -0.3 is 4.90 Å². The van der Waals surface area contributed by atoms with Crippen LogP contribution in [0.25, 0.3) is 16.8 Å². The Labute approximate surface area is 149 Å². The molecule has 7 nitrogen and oxygen atoms in total. The molecule has 26 heavy (non-hydrogen) atoms. The molecular formula is C19H18N6O. The van der Waals surface area contributed by atoms with Gasteiger partial charge in [-0.05, 0) is 30.5 Å². The van der Waals surface area contributed by atoms with E-state index in [0.29, 0.717) is 23.4 Å². The van der Waals surface area contributed by atoms with Gasteiger partial charge >= 0.3 is 0 Å². The molecule has 0 N–H and O–H groups in total. The topological polar surface area (TPSA) is 68.3 Å². The highest BCUT2D eigenvalue weighted by molar-refractivity contribution is 5.77. The van der Waals surface area contributed by atoms with Crippen LogP contribution in [0.2, 0.25) is 0 Å². The molecule has 7 heteroatoms. The summed E-state index contributed by atoms with van der Waals surface area (Å²) in [4.78, 5) is 19.8. The van der Waals surface area contributed by atoms with Crippen molar-refractivity contribution in [2.75, 3.05) is 18.0 Å². The predicted molar refractivity (Wildman–Crippen MR) is 99.5 cm³/mol. The van der Waals surface area contributed by atoms with Crippen molar-refractivity contribution in [3.8, 4) is 0 Å². The van der Waals surface area contributed by atoms with E-state index in [-0.39, 0.29) is 5.56 Å². The minimum atomic E-state index is -0.0928. The highest BCUT2D eigenvalue weighted by Crippen LogP contribution is 2.22. The second-order valence-electron chi connectivity index (χ2n) is 6.58. The van der Waals surface area contributed by atoms with Gasteiger partial charge in [0.15, 0.2) is 5.65 Å². The van der Waals surface area contributed by atoms with Crippen LogP contribution in [0.15, 0.2) is 53.5 Å². The molecule has 0 bridgehead atoms. The van der Waals surface area contributed by atoms with E-state index in [1.165, 1.54) is 0 Å². The number of anilines is 1. The molecular weight excluding hydrogens is 328 g/mol. The normalized spacial score (nSPS) is 14.5. The number of rotatable bonds is 3. The van der Waals surface area contributed by atoms with E-state index in [1.54, 1.807) is 16.8 Å². The molecule has 130 valence electrons. The summed E-state index contributed by atoms with van der Waals surface area (Å²) in [6, 6.07) is 13.5. The Morgan fingerprint density at radius 1 is 0.962 bits per heavy atom. The van der Waals surface area contributed by atoms with E-state index in [0.717, 1.165) is 37.4 Å². The Hall–Kier alpha value is -3.22. The molecule has 5 rings (SSSR count). The first kappa shape index (κ1) is 15.1. The monoisotopic (exact) mass is 346 g/mol. The third-order valence-corrected chi connectivity index (χ3v) is 4.92. The summed E-state index contributed by atoms with van der Waals surface area (Å²) in [6.45, 7) is 2.35. The number of aromatic nitrogens is 5. The van der Waals surface area contributed by atoms with Crippen LogP contribution in [0, 0.1) is 0 Å². The summed E-state index contributed by atoms with van der Waals surface area (Å²) in [7, 11) is 0. The summed E-state index contributed by atoms with van der Waals surface area (Å²) in [5.41, 5.74) is 1.57. The maximum Gasteiger partial charge on any atom is 0.264 e. The van der Waals surface area contributed by atoms with E-state index in [1.807, 2.05) is 40.8 Å². The molecule has 0 amide bonds. The zero-order valence-electron chi connectivity index (χ0n) is 14.2. The lowest BCUT2D eigenvalue weighted by Crippen LogP contribution is -2.26. The van der Waals surface area contributed by atoms with Gasteiger partial charge in [-0.25, -0.2) is 9.38 Å². The lowest BCUT2D eigenvalue weighted by atomic mass is 10.2. The maximum absolute atomic E-state index is 13.1. The molecule has 1 aromatic carbocycles. The third-order valence-electron chi connectivity index (χ3n) is 4.92. The van der Waals surface area contributed by atoms with Crippen molar-refractivity contribution in [1.82, 2.24) is 24.1 Å². The Balaban J connectivity index is 1.81. The fourth-order valence-corrected chi connectivity index (χ4v) is 3.64. The standard InChI is InChI=1S/C19H18N6O/c26-17-15-9-6-10-20-16(15)25-18(23-11-4-5-12-23)21-22-19(25)24(17)13-14-7-2-1-3-8-14/h1-3,6-10H,4-5,11-13H2. The summed E-state index contributed by atoms with van der Waals surface area (Å²) in [5, 5.41) is 9.35. The van der Waals surface area contributed by atoms with E-state index < -0.39 is 0 Å². The minimum absolute atomic E-state index is 0.0928. The fourth-order valence-electron chi connectivity index (χ4n) is 3.64. The zero-order valence-corrected chi connectivity index (χ0v) is 14.2. The van der Waals surface area contributed by atoms with Gasteiger partial charge in [0.25, 0.3) is 5.56 Å². The van der Waals surface area contributed by atoms with Crippen LogP contribution in [-0.4, -0.2) is 37.2 Å². The third kappa shape index (κ3) is 2.28. The smallest absolute Gasteiger partial charge is 0.264 e. The highest BCUT2D eigenvalue weighted by Gasteiger charge is 2.22. The summed E-state index contributed by atoms with van der Waals surface area (Å²) in [5.74, 6) is 1.30. The molecule has 0 spiro atoms. The highest BCUT2D eigenvalue weighted by atomic mass is 16.1. The molecule has 0 atom stereocenters. The van der Waals surface area contributed by atoms with E-state index >= 15 is 0 Å². The SMILES string of the molecule is O=c1c2cccnc2n2c(N3CCCC3)nnc2n1Cc1ccccc1. The fraction of sp³-hybridized carbons (Fsp3) is 0.263. The first-order valence-corrected chi connectivity index (χ1v) is 8.84. The number of nitrogens with zero attached hydrogens (tertiary/aromatic N) is 6. The van der Waals surface area contributed by atoms with Gasteiger partial charge in [-0.15, -0.1) is 10.2 Å². The molecule has 1 saturated heterocycles. The molecule has 1 fully saturated rings. The van der Waals surface area contributed by atoms with Gasteiger partial charge in [-0.3, -0.25) is 9.36 Å². The number of fused-ring (bicyclic) bond motifs is 3. The maximum atomic E-state index is 13.1. The van der Waals surface area contributed by atoms with Crippen molar-refractivity contribution in [2.45, 2.75) is 19.4 Å². The van der Waals surface area contributed by atoms with E-state index in [2.05, 4.69) is 20.1 Å². The average molecular weight is 346 g/mol. The molecule has 1 aliphatic heterocycles. The molecule has 0 radical (unpaired) electrons. The van der Waals surface area contributed by atoms with Crippen LogP contribution in [0.1, 0.15) is 18.4 Å². The quantitative estimate of drug-likeness (QED) is 0.568. The van der Waals surface area contributed by atoms with Gasteiger partial charge in [0.2, 0.25) is 11.7 Å². The van der Waals surface area contributed by atoms with E-state index in [4.69, 9.17) is 0 Å². The number of pyridine rings is 1. The van der Waals surface area contributed by atoms with Crippen LogP contribution in [0.5, 0.6) is 0 Å². The average Bonchev–Trinajstić information content (AvgIpc) is 3.35. The van der Waals surface area contributed by atoms with Gasteiger partial charge in [-0.2, -0.15) is 0 Å². The van der Waals surface area contributed by atoms with Gasteiger partial charge in [0.05, 0.1) is 11.9 Å². The Morgan fingerprint density at radius 2 is 1.77 bits per heavy atom. The van der Waals surface area contributed by atoms with Crippen molar-refractivity contribution in [3.63, 3.8) is 0 Å². The van der Waals surface area contributed by atoms with Crippen molar-refractivity contribution in [1.29, 1.82) is 0 Å². The second-order valence-corrected chi connectivity index (χ2v) is 6.58. The Morgan fingerprint density at radius 3 is 2.58 bits per heavy atom. The number of benzene rings is 1. The van der Waals surface area contributed by atoms with Crippen molar-refractivity contribution < 1.29 is 0 Å². The number of hydrogen-bond donors (Lipinski definition) is 0. The predicted octanol–water partition coefficient (Wildman–Crippen LogP) is 2.09. The first-order chi connectivity index (χ1) is 12.8. The lowest BCUT2D eigenvalue weighted by molar-refractivity contribution is 0.764. The number of hydrogen-bond acceptors (Lipinski definition) is 5. The zero-order chi connectivity index (χ0) is 17.5. The summed E-state index contributed by atoms with van der Waals surface area (Å²) in [6.07, 6.45) is 3.99.